The first-order valence-corrected chi connectivity index (χ1v) is 5.71. The summed E-state index contributed by atoms with van der Waals surface area (Å²) in [4.78, 5) is 14.5. The average Bonchev–Trinajstić information content (AvgIpc) is 2.24. The average molecular weight is 281 g/mol. The van der Waals surface area contributed by atoms with Crippen LogP contribution < -0.4 is 11.1 Å². The molecule has 1 aromatic rings. The molecule has 0 spiro atoms. The molecule has 0 radical (unpaired) electrons. The first-order valence-electron chi connectivity index (χ1n) is 4.73. The zero-order chi connectivity index (χ0) is 13.8. The maximum absolute atomic E-state index is 11.9. The smallest absolute Gasteiger partial charge is 0.441 e. The molecular formula is C9H10F3N3O2S. The van der Waals surface area contributed by atoms with Gasteiger partial charge < -0.3 is 16.2 Å². The molecule has 1 heterocycles. The molecule has 0 aliphatic heterocycles. The van der Waals surface area contributed by atoms with Gasteiger partial charge in [0.1, 0.15) is 5.82 Å². The number of aromatic nitrogens is 1. The lowest BCUT2D eigenvalue weighted by Gasteiger charge is -2.10. The van der Waals surface area contributed by atoms with E-state index in [4.69, 9.17) is 10.8 Å². The van der Waals surface area contributed by atoms with E-state index in [1.54, 1.807) is 0 Å². The standard InChI is InChI=1S/C9H10F3N3O2S/c10-9(11,12)18-2-1-14-6-4-15-7(13)3-5(6)8(16)17/h3-4,14H,1-2H2,(H2,13,15)(H,16,17). The summed E-state index contributed by atoms with van der Waals surface area (Å²) in [5.74, 6) is -1.43. The summed E-state index contributed by atoms with van der Waals surface area (Å²) < 4.78 is 35.6. The number of alkyl halides is 3. The van der Waals surface area contributed by atoms with Crippen LogP contribution in [0.3, 0.4) is 0 Å². The number of halogens is 3. The van der Waals surface area contributed by atoms with Crippen molar-refractivity contribution in [3.63, 3.8) is 0 Å². The maximum Gasteiger partial charge on any atom is 0.441 e. The van der Waals surface area contributed by atoms with Crippen LogP contribution in [-0.2, 0) is 0 Å². The van der Waals surface area contributed by atoms with Gasteiger partial charge >= 0.3 is 11.5 Å². The van der Waals surface area contributed by atoms with Crippen LogP contribution in [0.2, 0.25) is 0 Å². The Hall–Kier alpha value is -1.64. The highest BCUT2D eigenvalue weighted by atomic mass is 32.2. The normalized spacial score (nSPS) is 11.3. The van der Waals surface area contributed by atoms with Gasteiger partial charge in [0.15, 0.2) is 0 Å². The van der Waals surface area contributed by atoms with E-state index in [9.17, 15) is 18.0 Å². The summed E-state index contributed by atoms with van der Waals surface area (Å²) in [6.07, 6.45) is 1.18. The summed E-state index contributed by atoms with van der Waals surface area (Å²) in [5, 5.41) is 11.4. The molecule has 0 amide bonds. The molecule has 5 nitrogen and oxygen atoms in total. The molecular weight excluding hydrogens is 271 g/mol. The minimum absolute atomic E-state index is 0.0302. The van der Waals surface area contributed by atoms with Crippen LogP contribution in [-0.4, -0.2) is 33.9 Å². The van der Waals surface area contributed by atoms with Crippen molar-refractivity contribution >= 4 is 29.2 Å². The Morgan fingerprint density at radius 3 is 2.78 bits per heavy atom. The molecule has 0 saturated heterocycles. The van der Waals surface area contributed by atoms with Gasteiger partial charge in [-0.2, -0.15) is 13.2 Å². The largest absolute Gasteiger partial charge is 0.478 e. The van der Waals surface area contributed by atoms with Gasteiger partial charge in [-0.3, -0.25) is 0 Å². The maximum atomic E-state index is 11.9. The molecule has 0 unspecified atom stereocenters. The molecule has 1 aromatic heterocycles. The van der Waals surface area contributed by atoms with E-state index in [-0.39, 0.29) is 41.1 Å². The van der Waals surface area contributed by atoms with Crippen molar-refractivity contribution in [3.05, 3.63) is 17.8 Å². The van der Waals surface area contributed by atoms with Crippen molar-refractivity contribution in [1.82, 2.24) is 4.98 Å². The molecule has 0 aliphatic rings. The Morgan fingerprint density at radius 1 is 1.56 bits per heavy atom. The van der Waals surface area contributed by atoms with E-state index in [1.165, 1.54) is 6.20 Å². The second kappa shape index (κ2) is 5.80. The molecule has 0 bridgehead atoms. The Kier molecular flexibility index (Phi) is 4.65. The molecule has 0 aliphatic carbocycles. The number of carbonyl (C=O) groups is 1. The van der Waals surface area contributed by atoms with Gasteiger partial charge in [0.05, 0.1) is 17.4 Å². The molecule has 0 fully saturated rings. The van der Waals surface area contributed by atoms with Crippen LogP contribution in [0.15, 0.2) is 12.3 Å². The summed E-state index contributed by atoms with van der Waals surface area (Å²) >= 11 is -0.185. The third kappa shape index (κ3) is 4.70. The van der Waals surface area contributed by atoms with Crippen molar-refractivity contribution in [2.45, 2.75) is 5.51 Å². The van der Waals surface area contributed by atoms with Gasteiger partial charge in [0.2, 0.25) is 0 Å². The molecule has 0 saturated carbocycles. The number of hydrogen-bond acceptors (Lipinski definition) is 5. The van der Waals surface area contributed by atoms with Crippen molar-refractivity contribution in [2.75, 3.05) is 23.3 Å². The number of nitrogen functional groups attached to an aromatic ring is 1. The first kappa shape index (κ1) is 14.4. The van der Waals surface area contributed by atoms with Gasteiger partial charge in [0.25, 0.3) is 0 Å². The Labute approximate surface area is 105 Å². The monoisotopic (exact) mass is 281 g/mol. The second-order valence-electron chi connectivity index (χ2n) is 3.18. The predicted molar refractivity (Wildman–Crippen MR) is 62.6 cm³/mol. The van der Waals surface area contributed by atoms with E-state index in [0.29, 0.717) is 0 Å². The molecule has 4 N–H and O–H groups in total. The molecule has 0 atom stereocenters. The van der Waals surface area contributed by atoms with Crippen LogP contribution in [0.25, 0.3) is 0 Å². The topological polar surface area (TPSA) is 88.2 Å². The fourth-order valence-corrected chi connectivity index (χ4v) is 1.58. The van der Waals surface area contributed by atoms with E-state index in [2.05, 4.69) is 10.3 Å². The van der Waals surface area contributed by atoms with Gasteiger partial charge in [-0.1, -0.05) is 0 Å². The summed E-state index contributed by atoms with van der Waals surface area (Å²) in [5.41, 5.74) is 1.04. The number of nitrogens with one attached hydrogen (secondary N) is 1. The number of carboxylic acids is 1. The van der Waals surface area contributed by atoms with Crippen molar-refractivity contribution in [1.29, 1.82) is 0 Å². The van der Waals surface area contributed by atoms with Crippen molar-refractivity contribution in [2.24, 2.45) is 0 Å². The van der Waals surface area contributed by atoms with Gasteiger partial charge in [0, 0.05) is 12.3 Å². The quantitative estimate of drug-likeness (QED) is 0.716. The highest BCUT2D eigenvalue weighted by Crippen LogP contribution is 2.29. The van der Waals surface area contributed by atoms with E-state index in [1.807, 2.05) is 0 Å². The number of nitrogens with two attached hydrogens (primary N) is 1. The van der Waals surface area contributed by atoms with Crippen molar-refractivity contribution < 1.29 is 23.1 Å². The first-order chi connectivity index (χ1) is 8.29. The number of aromatic carboxylic acids is 1. The van der Waals surface area contributed by atoms with Gasteiger partial charge in [-0.15, -0.1) is 0 Å². The number of anilines is 2. The van der Waals surface area contributed by atoms with Crippen LogP contribution in [0.5, 0.6) is 0 Å². The lowest BCUT2D eigenvalue weighted by atomic mass is 10.2. The Balaban J connectivity index is 2.59. The van der Waals surface area contributed by atoms with E-state index in [0.717, 1.165) is 6.07 Å². The number of nitrogens with zero attached hydrogens (tertiary/aromatic N) is 1. The Morgan fingerprint density at radius 2 is 2.22 bits per heavy atom. The highest BCUT2D eigenvalue weighted by molar-refractivity contribution is 8.00. The fourth-order valence-electron chi connectivity index (χ4n) is 1.14. The molecule has 100 valence electrons. The lowest BCUT2D eigenvalue weighted by Crippen LogP contribution is -2.12. The molecule has 1 rings (SSSR count). The zero-order valence-electron chi connectivity index (χ0n) is 8.99. The fraction of sp³-hybridized carbons (Fsp3) is 0.333. The molecule has 18 heavy (non-hydrogen) atoms. The van der Waals surface area contributed by atoms with Crippen LogP contribution in [0.4, 0.5) is 24.7 Å². The number of pyridine rings is 1. The summed E-state index contributed by atoms with van der Waals surface area (Å²) in [6, 6.07) is 1.14. The molecule has 0 aromatic carbocycles. The van der Waals surface area contributed by atoms with Crippen molar-refractivity contribution in [3.8, 4) is 0 Å². The SMILES string of the molecule is Nc1cc(C(=O)O)c(NCCSC(F)(F)F)cn1. The minimum Gasteiger partial charge on any atom is -0.478 e. The number of thioether (sulfide) groups is 1. The third-order valence-corrected chi connectivity index (χ3v) is 2.57. The number of carboxylic acid groups (broad SMARTS) is 1. The van der Waals surface area contributed by atoms with E-state index < -0.39 is 11.5 Å². The Bertz CT molecular complexity index is 440. The zero-order valence-corrected chi connectivity index (χ0v) is 9.81. The third-order valence-electron chi connectivity index (χ3n) is 1.84. The highest BCUT2D eigenvalue weighted by Gasteiger charge is 2.27. The minimum atomic E-state index is -4.29. The molecule has 9 heteroatoms. The van der Waals surface area contributed by atoms with Crippen LogP contribution >= 0.6 is 11.8 Å². The summed E-state index contributed by atoms with van der Waals surface area (Å²) in [6.45, 7) is -0.0317. The number of hydrogen-bond donors (Lipinski definition) is 3. The van der Waals surface area contributed by atoms with E-state index >= 15 is 0 Å². The number of rotatable bonds is 5. The summed E-state index contributed by atoms with van der Waals surface area (Å²) in [7, 11) is 0. The lowest BCUT2D eigenvalue weighted by molar-refractivity contribution is -0.0327. The predicted octanol–water partition coefficient (Wildman–Crippen LogP) is 2.03. The second-order valence-corrected chi connectivity index (χ2v) is 4.34. The van der Waals surface area contributed by atoms with Crippen LogP contribution in [0, 0.1) is 0 Å². The van der Waals surface area contributed by atoms with Gasteiger partial charge in [-0.25, -0.2) is 9.78 Å². The van der Waals surface area contributed by atoms with Crippen LogP contribution in [0.1, 0.15) is 10.4 Å². The van der Waals surface area contributed by atoms with Gasteiger partial charge in [-0.05, 0) is 17.8 Å².